The van der Waals surface area contributed by atoms with E-state index in [9.17, 15) is 4.79 Å². The summed E-state index contributed by atoms with van der Waals surface area (Å²) >= 11 is 0. The fraction of sp³-hybridized carbons (Fsp3) is 0.611. The number of amides is 1. The van der Waals surface area contributed by atoms with Crippen LogP contribution in [0.25, 0.3) is 0 Å². The monoisotopic (exact) mass is 286 g/mol. The van der Waals surface area contributed by atoms with E-state index < -0.39 is 0 Å². The van der Waals surface area contributed by atoms with E-state index in [4.69, 9.17) is 0 Å². The normalized spacial score (nSPS) is 23.0. The standard InChI is InChI=1S/C18H26N2O/c1-14-12-19(13-16-8-4-3-5-9-16)17-10-6-7-11-18(17)20(14)15(2)21/h6-7,10-11,14,16H,3-5,8-9,12-13H2,1-2H3. The van der Waals surface area contributed by atoms with Crippen LogP contribution in [0.3, 0.4) is 0 Å². The first-order chi connectivity index (χ1) is 10.2. The zero-order valence-corrected chi connectivity index (χ0v) is 13.2. The van der Waals surface area contributed by atoms with Crippen molar-refractivity contribution in [3.05, 3.63) is 24.3 Å². The van der Waals surface area contributed by atoms with Crippen LogP contribution in [0.2, 0.25) is 0 Å². The van der Waals surface area contributed by atoms with Crippen LogP contribution in [-0.4, -0.2) is 25.0 Å². The molecule has 1 aliphatic heterocycles. The average molecular weight is 286 g/mol. The van der Waals surface area contributed by atoms with Gasteiger partial charge in [0.1, 0.15) is 0 Å². The lowest BCUT2D eigenvalue weighted by atomic mass is 9.88. The molecule has 21 heavy (non-hydrogen) atoms. The molecule has 1 amide bonds. The zero-order chi connectivity index (χ0) is 14.8. The minimum atomic E-state index is 0.146. The molecule has 1 aliphatic carbocycles. The van der Waals surface area contributed by atoms with Gasteiger partial charge in [-0.2, -0.15) is 0 Å². The second-order valence-corrected chi connectivity index (χ2v) is 6.64. The summed E-state index contributed by atoms with van der Waals surface area (Å²) < 4.78 is 0. The molecule has 0 spiro atoms. The Kier molecular flexibility index (Phi) is 4.18. The van der Waals surface area contributed by atoms with Gasteiger partial charge >= 0.3 is 0 Å². The lowest BCUT2D eigenvalue weighted by Gasteiger charge is -2.43. The number of fused-ring (bicyclic) bond motifs is 1. The van der Waals surface area contributed by atoms with Crippen molar-refractivity contribution in [2.45, 2.75) is 52.0 Å². The maximum atomic E-state index is 12.0. The highest BCUT2D eigenvalue weighted by atomic mass is 16.2. The molecule has 1 atom stereocenters. The Hall–Kier alpha value is -1.51. The highest BCUT2D eigenvalue weighted by molar-refractivity contribution is 5.97. The first-order valence-corrected chi connectivity index (χ1v) is 8.30. The number of para-hydroxylation sites is 2. The molecule has 1 saturated carbocycles. The maximum absolute atomic E-state index is 12.0. The third-order valence-electron chi connectivity index (χ3n) is 4.95. The average Bonchev–Trinajstić information content (AvgIpc) is 2.48. The van der Waals surface area contributed by atoms with Crippen molar-refractivity contribution < 1.29 is 4.79 Å². The van der Waals surface area contributed by atoms with Crippen molar-refractivity contribution in [3.63, 3.8) is 0 Å². The molecule has 114 valence electrons. The van der Waals surface area contributed by atoms with Crippen LogP contribution in [-0.2, 0) is 4.79 Å². The number of hydrogen-bond acceptors (Lipinski definition) is 2. The van der Waals surface area contributed by atoms with E-state index in [1.807, 2.05) is 11.0 Å². The summed E-state index contributed by atoms with van der Waals surface area (Å²) in [6.45, 7) is 5.93. The van der Waals surface area contributed by atoms with Gasteiger partial charge in [-0.25, -0.2) is 0 Å². The van der Waals surface area contributed by atoms with Crippen LogP contribution in [0.5, 0.6) is 0 Å². The van der Waals surface area contributed by atoms with Gasteiger partial charge in [0.2, 0.25) is 5.91 Å². The van der Waals surface area contributed by atoms with E-state index in [1.165, 1.54) is 37.8 Å². The predicted octanol–water partition coefficient (Wildman–Crippen LogP) is 3.83. The Balaban J connectivity index is 1.85. The Morgan fingerprint density at radius 2 is 1.81 bits per heavy atom. The van der Waals surface area contributed by atoms with Gasteiger partial charge < -0.3 is 9.80 Å². The van der Waals surface area contributed by atoms with Crippen LogP contribution in [0.4, 0.5) is 11.4 Å². The molecule has 2 aliphatic rings. The summed E-state index contributed by atoms with van der Waals surface area (Å²) in [5.41, 5.74) is 2.32. The molecule has 3 nitrogen and oxygen atoms in total. The molecule has 3 heteroatoms. The van der Waals surface area contributed by atoms with Crippen molar-refractivity contribution >= 4 is 17.3 Å². The van der Waals surface area contributed by atoms with E-state index in [0.717, 1.165) is 24.7 Å². The lowest BCUT2D eigenvalue weighted by molar-refractivity contribution is -0.117. The summed E-state index contributed by atoms with van der Waals surface area (Å²) in [4.78, 5) is 16.4. The van der Waals surface area contributed by atoms with Gasteiger partial charge in [-0.1, -0.05) is 31.4 Å². The molecule has 0 saturated heterocycles. The van der Waals surface area contributed by atoms with Crippen LogP contribution >= 0.6 is 0 Å². The van der Waals surface area contributed by atoms with E-state index in [2.05, 4.69) is 30.0 Å². The molecular weight excluding hydrogens is 260 g/mol. The molecule has 0 bridgehead atoms. The number of carbonyl (C=O) groups excluding carboxylic acids is 1. The van der Waals surface area contributed by atoms with Gasteiger partial charge in [-0.3, -0.25) is 4.79 Å². The van der Waals surface area contributed by atoms with E-state index in [1.54, 1.807) is 6.92 Å². The smallest absolute Gasteiger partial charge is 0.224 e. The molecule has 1 aromatic rings. The molecule has 1 heterocycles. The number of nitrogens with zero attached hydrogens (tertiary/aromatic N) is 2. The van der Waals surface area contributed by atoms with Crippen molar-refractivity contribution in [1.29, 1.82) is 0 Å². The summed E-state index contributed by atoms with van der Waals surface area (Å²) in [5.74, 6) is 0.968. The van der Waals surface area contributed by atoms with Crippen LogP contribution in [0.15, 0.2) is 24.3 Å². The van der Waals surface area contributed by atoms with Crippen LogP contribution in [0, 0.1) is 5.92 Å². The van der Waals surface area contributed by atoms with Gasteiger partial charge in [0.25, 0.3) is 0 Å². The van der Waals surface area contributed by atoms with Gasteiger partial charge in [0.05, 0.1) is 17.4 Å². The first kappa shape index (κ1) is 14.4. The van der Waals surface area contributed by atoms with Crippen molar-refractivity contribution in [3.8, 4) is 0 Å². The van der Waals surface area contributed by atoms with Crippen molar-refractivity contribution in [2.75, 3.05) is 22.9 Å². The predicted molar refractivity (Wildman–Crippen MR) is 87.9 cm³/mol. The Morgan fingerprint density at radius 3 is 2.48 bits per heavy atom. The van der Waals surface area contributed by atoms with Crippen LogP contribution < -0.4 is 9.80 Å². The number of benzene rings is 1. The first-order valence-electron chi connectivity index (χ1n) is 8.30. The summed E-state index contributed by atoms with van der Waals surface area (Å²) in [5, 5.41) is 0. The van der Waals surface area contributed by atoms with E-state index in [0.29, 0.717) is 0 Å². The van der Waals surface area contributed by atoms with Crippen molar-refractivity contribution in [2.24, 2.45) is 5.92 Å². The van der Waals surface area contributed by atoms with Gasteiger partial charge in [-0.15, -0.1) is 0 Å². The van der Waals surface area contributed by atoms with Crippen LogP contribution in [0.1, 0.15) is 46.0 Å². The van der Waals surface area contributed by atoms with Gasteiger partial charge in [-0.05, 0) is 37.8 Å². The second-order valence-electron chi connectivity index (χ2n) is 6.64. The largest absolute Gasteiger partial charge is 0.368 e. The molecule has 0 N–H and O–H groups in total. The Labute approximate surface area is 127 Å². The van der Waals surface area contributed by atoms with Gasteiger partial charge in [0, 0.05) is 20.0 Å². The fourth-order valence-corrected chi connectivity index (χ4v) is 4.01. The summed E-state index contributed by atoms with van der Waals surface area (Å²) in [6, 6.07) is 8.62. The quantitative estimate of drug-likeness (QED) is 0.825. The van der Waals surface area contributed by atoms with Crippen molar-refractivity contribution in [1.82, 2.24) is 0 Å². The van der Waals surface area contributed by atoms with E-state index in [-0.39, 0.29) is 11.9 Å². The molecule has 0 aromatic heterocycles. The third kappa shape index (κ3) is 2.92. The number of hydrogen-bond donors (Lipinski definition) is 0. The number of anilines is 2. The molecule has 0 radical (unpaired) electrons. The van der Waals surface area contributed by atoms with Gasteiger partial charge in [0.15, 0.2) is 0 Å². The zero-order valence-electron chi connectivity index (χ0n) is 13.2. The maximum Gasteiger partial charge on any atom is 0.224 e. The summed E-state index contributed by atoms with van der Waals surface area (Å²) in [6.07, 6.45) is 6.90. The Morgan fingerprint density at radius 1 is 1.14 bits per heavy atom. The molecule has 1 aromatic carbocycles. The minimum Gasteiger partial charge on any atom is -0.368 e. The highest BCUT2D eigenvalue weighted by Gasteiger charge is 2.31. The molecule has 1 unspecified atom stereocenters. The number of rotatable bonds is 2. The SMILES string of the molecule is CC(=O)N1c2ccccc2N(CC2CCCCC2)CC1C. The fourth-order valence-electron chi connectivity index (χ4n) is 4.01. The number of carbonyl (C=O) groups is 1. The van der Waals surface area contributed by atoms with E-state index >= 15 is 0 Å². The molecule has 1 fully saturated rings. The lowest BCUT2D eigenvalue weighted by Crippen LogP contribution is -2.50. The molecule has 3 rings (SSSR count). The molecular formula is C18H26N2O. The summed E-state index contributed by atoms with van der Waals surface area (Å²) in [7, 11) is 0. The second kappa shape index (κ2) is 6.08. The third-order valence-corrected chi connectivity index (χ3v) is 4.95. The Bertz CT molecular complexity index is 508. The highest BCUT2D eigenvalue weighted by Crippen LogP contribution is 2.37. The topological polar surface area (TPSA) is 23.6 Å². The minimum absolute atomic E-state index is 0.146.